The first-order valence-corrected chi connectivity index (χ1v) is 10.4. The molecule has 0 fully saturated rings. The average Bonchev–Trinajstić information content (AvgIpc) is 3.07. The Balaban J connectivity index is 1.47. The van der Waals surface area contributed by atoms with Gasteiger partial charge in [-0.1, -0.05) is 29.8 Å². The fourth-order valence-electron chi connectivity index (χ4n) is 3.28. The van der Waals surface area contributed by atoms with Gasteiger partial charge >= 0.3 is 0 Å². The Morgan fingerprint density at radius 1 is 1.10 bits per heavy atom. The first-order valence-electron chi connectivity index (χ1n) is 9.64. The predicted octanol–water partition coefficient (Wildman–Crippen LogP) is 4.32. The number of carbonyl (C=O) groups excluding carboxylic acids is 2. The average molecular weight is 469 g/mol. The highest BCUT2D eigenvalue weighted by Gasteiger charge is 2.24. The monoisotopic (exact) mass is 468 g/mol. The number of nitrogens with zero attached hydrogens (tertiary/aromatic N) is 1. The summed E-state index contributed by atoms with van der Waals surface area (Å²) in [6.45, 7) is 3.62. The third kappa shape index (κ3) is 4.57. The number of benzene rings is 2. The van der Waals surface area contributed by atoms with Crippen LogP contribution >= 0.6 is 15.9 Å². The van der Waals surface area contributed by atoms with Crippen molar-refractivity contribution in [2.75, 3.05) is 13.2 Å². The molecular formula is C23H21BrN2O4. The van der Waals surface area contributed by atoms with E-state index in [1.54, 1.807) is 35.2 Å². The second-order valence-corrected chi connectivity index (χ2v) is 7.95. The maximum absolute atomic E-state index is 12.8. The van der Waals surface area contributed by atoms with E-state index in [0.717, 1.165) is 11.1 Å². The summed E-state index contributed by atoms with van der Waals surface area (Å²) < 4.78 is 11.7. The molecule has 0 radical (unpaired) electrons. The van der Waals surface area contributed by atoms with E-state index in [0.29, 0.717) is 42.2 Å². The molecule has 0 unspecified atom stereocenters. The number of fused-ring (bicyclic) bond motifs is 1. The molecule has 2 amide bonds. The van der Waals surface area contributed by atoms with E-state index in [2.05, 4.69) is 21.2 Å². The molecule has 7 heteroatoms. The van der Waals surface area contributed by atoms with Gasteiger partial charge in [-0.3, -0.25) is 9.59 Å². The number of aryl methyl sites for hydroxylation is 1. The van der Waals surface area contributed by atoms with Gasteiger partial charge in [0, 0.05) is 24.2 Å². The van der Waals surface area contributed by atoms with E-state index in [1.165, 1.54) is 5.56 Å². The van der Waals surface area contributed by atoms with Crippen molar-refractivity contribution < 1.29 is 18.7 Å². The maximum atomic E-state index is 12.8. The number of amides is 2. The molecule has 30 heavy (non-hydrogen) atoms. The van der Waals surface area contributed by atoms with Gasteiger partial charge in [-0.2, -0.15) is 0 Å². The van der Waals surface area contributed by atoms with Crippen molar-refractivity contribution in [2.24, 2.45) is 0 Å². The van der Waals surface area contributed by atoms with Crippen molar-refractivity contribution in [1.82, 2.24) is 10.2 Å². The van der Waals surface area contributed by atoms with Crippen LogP contribution in [0.4, 0.5) is 0 Å². The molecule has 1 aromatic heterocycles. The molecule has 2 heterocycles. The third-order valence-electron chi connectivity index (χ3n) is 4.95. The van der Waals surface area contributed by atoms with Crippen molar-refractivity contribution in [1.29, 1.82) is 0 Å². The fourth-order valence-corrected chi connectivity index (χ4v) is 3.59. The Hall–Kier alpha value is -3.06. The van der Waals surface area contributed by atoms with E-state index in [9.17, 15) is 9.59 Å². The lowest BCUT2D eigenvalue weighted by Gasteiger charge is -2.18. The molecule has 0 aliphatic carbocycles. The molecular weight excluding hydrogens is 448 g/mol. The summed E-state index contributed by atoms with van der Waals surface area (Å²) in [6.07, 6.45) is 0. The highest BCUT2D eigenvalue weighted by molar-refractivity contribution is 9.10. The van der Waals surface area contributed by atoms with Gasteiger partial charge in [0.2, 0.25) is 0 Å². The summed E-state index contributed by atoms with van der Waals surface area (Å²) in [7, 11) is 0. The maximum Gasteiger partial charge on any atom is 0.290 e. The molecule has 1 N–H and O–H groups in total. The number of rotatable bonds is 4. The summed E-state index contributed by atoms with van der Waals surface area (Å²) in [5.74, 6) is 0.556. The van der Waals surface area contributed by atoms with Crippen LogP contribution in [0, 0.1) is 6.92 Å². The minimum Gasteiger partial charge on any atom is -0.491 e. The highest BCUT2D eigenvalue weighted by Crippen LogP contribution is 2.26. The number of ether oxygens (including phenoxy) is 1. The van der Waals surface area contributed by atoms with Crippen LogP contribution in [0.1, 0.15) is 37.6 Å². The number of hydrogen-bond acceptors (Lipinski definition) is 4. The van der Waals surface area contributed by atoms with Crippen LogP contribution in [-0.2, 0) is 13.1 Å². The van der Waals surface area contributed by atoms with Gasteiger partial charge in [0.05, 0.1) is 6.54 Å². The van der Waals surface area contributed by atoms with Crippen LogP contribution in [0.25, 0.3) is 0 Å². The van der Waals surface area contributed by atoms with Crippen LogP contribution in [0.3, 0.4) is 0 Å². The van der Waals surface area contributed by atoms with Crippen LogP contribution in [0.5, 0.6) is 5.75 Å². The van der Waals surface area contributed by atoms with Crippen molar-refractivity contribution in [3.63, 3.8) is 0 Å². The van der Waals surface area contributed by atoms with Gasteiger partial charge < -0.3 is 19.4 Å². The van der Waals surface area contributed by atoms with Crippen molar-refractivity contribution >= 4 is 27.7 Å². The minimum absolute atomic E-state index is 0.171. The van der Waals surface area contributed by atoms with Gasteiger partial charge in [0.1, 0.15) is 12.4 Å². The third-order valence-corrected chi connectivity index (χ3v) is 5.37. The Morgan fingerprint density at radius 2 is 1.90 bits per heavy atom. The summed E-state index contributed by atoms with van der Waals surface area (Å²) in [5, 5.41) is 2.94. The van der Waals surface area contributed by atoms with Crippen LogP contribution in [-0.4, -0.2) is 29.9 Å². The molecule has 3 aromatic rings. The smallest absolute Gasteiger partial charge is 0.290 e. The number of carbonyl (C=O) groups is 2. The molecule has 0 saturated carbocycles. The molecule has 6 nitrogen and oxygen atoms in total. The largest absolute Gasteiger partial charge is 0.491 e. The van der Waals surface area contributed by atoms with E-state index in [1.807, 2.05) is 31.2 Å². The van der Waals surface area contributed by atoms with Crippen molar-refractivity contribution in [2.45, 2.75) is 20.0 Å². The lowest BCUT2D eigenvalue weighted by molar-refractivity contribution is 0.0699. The van der Waals surface area contributed by atoms with Gasteiger partial charge in [-0.05, 0) is 58.7 Å². The topological polar surface area (TPSA) is 71.8 Å². The van der Waals surface area contributed by atoms with E-state index >= 15 is 0 Å². The Labute approximate surface area is 183 Å². The molecule has 4 rings (SSSR count). The Kier molecular flexibility index (Phi) is 5.90. The van der Waals surface area contributed by atoms with E-state index < -0.39 is 0 Å². The predicted molar refractivity (Wildman–Crippen MR) is 115 cm³/mol. The highest BCUT2D eigenvalue weighted by atomic mass is 79.9. The summed E-state index contributed by atoms with van der Waals surface area (Å²) in [4.78, 5) is 27.1. The summed E-state index contributed by atoms with van der Waals surface area (Å²) in [5.41, 5.74) is 3.53. The Bertz CT molecular complexity index is 1080. The molecule has 154 valence electrons. The zero-order valence-corrected chi connectivity index (χ0v) is 18.1. The molecule has 1 aliphatic rings. The fraction of sp³-hybridized carbons (Fsp3) is 0.217. The molecule has 0 bridgehead atoms. The molecule has 2 aromatic carbocycles. The zero-order valence-electron chi connectivity index (χ0n) is 16.5. The zero-order chi connectivity index (χ0) is 21.1. The molecule has 1 aliphatic heterocycles. The van der Waals surface area contributed by atoms with Crippen molar-refractivity contribution in [3.05, 3.63) is 87.3 Å². The quantitative estimate of drug-likeness (QED) is 0.618. The summed E-state index contributed by atoms with van der Waals surface area (Å²) >= 11 is 3.22. The van der Waals surface area contributed by atoms with E-state index in [4.69, 9.17) is 9.15 Å². The number of hydrogen-bond donors (Lipinski definition) is 1. The van der Waals surface area contributed by atoms with Gasteiger partial charge in [0.25, 0.3) is 11.8 Å². The first-order chi connectivity index (χ1) is 14.5. The first kappa shape index (κ1) is 20.2. The molecule has 0 atom stereocenters. The SMILES string of the molecule is Cc1ccc(CNC(=O)c2ccc3c(c2)CN(C(=O)c2ccc(Br)o2)CCO3)cc1. The Morgan fingerprint density at radius 3 is 2.63 bits per heavy atom. The van der Waals surface area contributed by atoms with Crippen molar-refractivity contribution in [3.8, 4) is 5.75 Å². The summed E-state index contributed by atoms with van der Waals surface area (Å²) in [6, 6.07) is 16.7. The van der Waals surface area contributed by atoms with Crippen LogP contribution < -0.4 is 10.1 Å². The normalized spacial score (nSPS) is 13.2. The van der Waals surface area contributed by atoms with Gasteiger partial charge in [-0.15, -0.1) is 0 Å². The second kappa shape index (κ2) is 8.75. The number of furan rings is 1. The lowest BCUT2D eigenvalue weighted by atomic mass is 10.1. The van der Waals surface area contributed by atoms with Crippen LogP contribution in [0.2, 0.25) is 0 Å². The molecule has 0 spiro atoms. The molecule has 0 saturated heterocycles. The van der Waals surface area contributed by atoms with Gasteiger partial charge in [-0.25, -0.2) is 0 Å². The van der Waals surface area contributed by atoms with E-state index in [-0.39, 0.29) is 17.6 Å². The van der Waals surface area contributed by atoms with Gasteiger partial charge in [0.15, 0.2) is 10.4 Å². The lowest BCUT2D eigenvalue weighted by Crippen LogP contribution is -2.32. The second-order valence-electron chi connectivity index (χ2n) is 7.17. The number of halogens is 1. The standard InChI is InChI=1S/C23H21BrN2O4/c1-15-2-4-16(5-3-15)13-25-22(27)17-6-7-19-18(12-17)14-26(10-11-29-19)23(28)20-8-9-21(24)30-20/h2-9,12H,10-11,13-14H2,1H3,(H,25,27). The minimum atomic E-state index is -0.216. The van der Waals surface area contributed by atoms with Crippen LogP contribution in [0.15, 0.2) is 63.7 Å². The number of nitrogens with one attached hydrogen (secondary N) is 1.